The topological polar surface area (TPSA) is 49.4 Å². The predicted octanol–water partition coefficient (Wildman–Crippen LogP) is 6.71. The number of amides is 2. The molecule has 3 aromatic carbocycles. The molecule has 0 aromatic heterocycles. The molecule has 1 unspecified atom stereocenters. The Morgan fingerprint density at radius 3 is 2.17 bits per heavy atom. The first kappa shape index (κ1) is 27.8. The molecule has 0 spiro atoms. The van der Waals surface area contributed by atoms with Crippen LogP contribution in [0.5, 0.6) is 0 Å². The van der Waals surface area contributed by atoms with E-state index in [2.05, 4.69) is 5.32 Å². The van der Waals surface area contributed by atoms with Crippen molar-refractivity contribution in [2.45, 2.75) is 65.6 Å². The zero-order valence-corrected chi connectivity index (χ0v) is 23.1. The first-order valence-electron chi connectivity index (χ1n) is 12.1. The number of carbonyl (C=O) groups is 2. The highest BCUT2D eigenvalue weighted by Crippen LogP contribution is 2.28. The lowest BCUT2D eigenvalue weighted by atomic mass is 9.98. The van der Waals surface area contributed by atoms with Crippen LogP contribution in [0.2, 0.25) is 10.0 Å². The van der Waals surface area contributed by atoms with E-state index in [4.69, 9.17) is 23.2 Å². The van der Waals surface area contributed by atoms with Gasteiger partial charge in [-0.1, -0.05) is 83.4 Å². The minimum Gasteiger partial charge on any atom is -0.350 e. The summed E-state index contributed by atoms with van der Waals surface area (Å²) in [7, 11) is 0. The van der Waals surface area contributed by atoms with Gasteiger partial charge >= 0.3 is 0 Å². The summed E-state index contributed by atoms with van der Waals surface area (Å²) in [6.07, 6.45) is 0.535. The Hall–Kier alpha value is -2.82. The van der Waals surface area contributed by atoms with Crippen molar-refractivity contribution >= 4 is 35.0 Å². The van der Waals surface area contributed by atoms with Crippen LogP contribution < -0.4 is 5.32 Å². The van der Waals surface area contributed by atoms with Gasteiger partial charge in [0.25, 0.3) is 0 Å². The molecular formula is C30H34Cl2N2O2. The number of benzene rings is 3. The monoisotopic (exact) mass is 524 g/mol. The van der Waals surface area contributed by atoms with Crippen molar-refractivity contribution in [2.24, 2.45) is 0 Å². The van der Waals surface area contributed by atoms with E-state index >= 15 is 0 Å². The molecule has 3 rings (SSSR count). The number of nitrogens with one attached hydrogen (secondary N) is 1. The fourth-order valence-electron chi connectivity index (χ4n) is 4.12. The fraction of sp³-hybridized carbons (Fsp3) is 0.333. The quantitative estimate of drug-likeness (QED) is 0.356. The molecule has 0 radical (unpaired) electrons. The van der Waals surface area contributed by atoms with Crippen LogP contribution in [0, 0.1) is 13.8 Å². The standard InChI is InChI=1S/C30H34Cl2N2O2/c1-20-14-15-21(2)23(16-20)18-28(35)34(19-24-25(31)12-9-13-26(24)32)27(29(36)33-30(3,4)5)17-22-10-7-6-8-11-22/h6-16,27H,17-19H2,1-5H3,(H,33,36). The summed E-state index contributed by atoms with van der Waals surface area (Å²) in [6, 6.07) is 20.3. The molecular weight excluding hydrogens is 491 g/mol. The van der Waals surface area contributed by atoms with Crippen LogP contribution in [0.1, 0.15) is 48.6 Å². The van der Waals surface area contributed by atoms with Crippen LogP contribution in [-0.2, 0) is 29.0 Å². The molecule has 0 aliphatic rings. The number of rotatable bonds is 8. The Bertz CT molecular complexity index is 1200. The normalized spacial score (nSPS) is 12.2. The number of hydrogen-bond donors (Lipinski definition) is 1. The van der Waals surface area contributed by atoms with Crippen LogP contribution in [0.15, 0.2) is 66.7 Å². The van der Waals surface area contributed by atoms with E-state index in [1.165, 1.54) is 0 Å². The Balaban J connectivity index is 2.07. The Morgan fingerprint density at radius 1 is 0.917 bits per heavy atom. The number of aryl methyl sites for hydroxylation is 2. The molecule has 0 aliphatic carbocycles. The van der Waals surface area contributed by atoms with Crippen molar-refractivity contribution in [2.75, 3.05) is 0 Å². The Labute approximate surface area is 224 Å². The van der Waals surface area contributed by atoms with E-state index in [1.54, 1.807) is 23.1 Å². The van der Waals surface area contributed by atoms with Crippen molar-refractivity contribution in [3.63, 3.8) is 0 Å². The minimum absolute atomic E-state index is 0.122. The molecule has 0 fully saturated rings. The van der Waals surface area contributed by atoms with Crippen molar-refractivity contribution in [1.29, 1.82) is 0 Å². The van der Waals surface area contributed by atoms with Gasteiger partial charge in [0, 0.05) is 34.1 Å². The zero-order chi connectivity index (χ0) is 26.5. The van der Waals surface area contributed by atoms with E-state index in [0.717, 1.165) is 22.3 Å². The number of carbonyl (C=O) groups excluding carboxylic acids is 2. The molecule has 6 heteroatoms. The van der Waals surface area contributed by atoms with E-state index in [-0.39, 0.29) is 24.8 Å². The second-order valence-corrected chi connectivity index (χ2v) is 11.1. The van der Waals surface area contributed by atoms with Gasteiger partial charge < -0.3 is 10.2 Å². The lowest BCUT2D eigenvalue weighted by Crippen LogP contribution is -2.54. The van der Waals surface area contributed by atoms with Crippen molar-refractivity contribution in [1.82, 2.24) is 10.2 Å². The first-order chi connectivity index (χ1) is 16.9. The first-order valence-corrected chi connectivity index (χ1v) is 12.8. The molecule has 0 bridgehead atoms. The van der Waals surface area contributed by atoms with Gasteiger partial charge in [0.15, 0.2) is 0 Å². The summed E-state index contributed by atoms with van der Waals surface area (Å²) < 4.78 is 0. The number of hydrogen-bond acceptors (Lipinski definition) is 2. The molecule has 0 saturated heterocycles. The predicted molar refractivity (Wildman–Crippen MR) is 148 cm³/mol. The molecule has 1 atom stereocenters. The average molecular weight is 526 g/mol. The zero-order valence-electron chi connectivity index (χ0n) is 21.6. The van der Waals surface area contributed by atoms with Crippen LogP contribution in [0.3, 0.4) is 0 Å². The molecule has 0 heterocycles. The van der Waals surface area contributed by atoms with E-state index in [9.17, 15) is 9.59 Å². The second kappa shape index (κ2) is 11.9. The van der Waals surface area contributed by atoms with Gasteiger partial charge in [-0.05, 0) is 63.4 Å². The summed E-state index contributed by atoms with van der Waals surface area (Å²) in [4.78, 5) is 29.3. The third-order valence-corrected chi connectivity index (χ3v) is 6.71. The highest BCUT2D eigenvalue weighted by Gasteiger charge is 2.33. The van der Waals surface area contributed by atoms with Crippen LogP contribution in [0.25, 0.3) is 0 Å². The molecule has 0 saturated carbocycles. The highest BCUT2D eigenvalue weighted by atomic mass is 35.5. The minimum atomic E-state index is -0.753. The summed E-state index contributed by atoms with van der Waals surface area (Å²) in [5, 5.41) is 4.00. The van der Waals surface area contributed by atoms with E-state index < -0.39 is 11.6 Å². The molecule has 2 amide bonds. The average Bonchev–Trinajstić information content (AvgIpc) is 2.79. The molecule has 36 heavy (non-hydrogen) atoms. The van der Waals surface area contributed by atoms with Crippen LogP contribution in [0.4, 0.5) is 0 Å². The van der Waals surface area contributed by atoms with Gasteiger partial charge in [0.05, 0.1) is 6.42 Å². The summed E-state index contributed by atoms with van der Waals surface area (Å²) >= 11 is 13.0. The Morgan fingerprint density at radius 2 is 1.56 bits per heavy atom. The number of halogens is 2. The SMILES string of the molecule is Cc1ccc(C)c(CC(=O)N(Cc2c(Cl)cccc2Cl)C(Cc2ccccc2)C(=O)NC(C)(C)C)c1. The van der Waals surface area contributed by atoms with Gasteiger partial charge in [0.1, 0.15) is 6.04 Å². The fourth-order valence-corrected chi connectivity index (χ4v) is 4.63. The molecule has 4 nitrogen and oxygen atoms in total. The Kier molecular flexibility index (Phi) is 9.21. The van der Waals surface area contributed by atoms with Gasteiger partial charge in [-0.25, -0.2) is 0 Å². The summed E-state index contributed by atoms with van der Waals surface area (Å²) in [6.45, 7) is 9.90. The highest BCUT2D eigenvalue weighted by molar-refractivity contribution is 6.36. The third-order valence-electron chi connectivity index (χ3n) is 6.01. The van der Waals surface area contributed by atoms with Crippen molar-refractivity contribution in [3.05, 3.63) is 105 Å². The number of nitrogens with zero attached hydrogens (tertiary/aromatic N) is 1. The van der Waals surface area contributed by atoms with Crippen LogP contribution in [-0.4, -0.2) is 28.3 Å². The van der Waals surface area contributed by atoms with E-state index in [0.29, 0.717) is 22.0 Å². The van der Waals surface area contributed by atoms with Crippen molar-refractivity contribution < 1.29 is 9.59 Å². The van der Waals surface area contributed by atoms with Gasteiger partial charge in [-0.2, -0.15) is 0 Å². The van der Waals surface area contributed by atoms with Crippen LogP contribution >= 0.6 is 23.2 Å². The lowest BCUT2D eigenvalue weighted by molar-refractivity contribution is -0.141. The molecule has 1 N–H and O–H groups in total. The summed E-state index contributed by atoms with van der Waals surface area (Å²) in [5.41, 5.74) is 4.16. The smallest absolute Gasteiger partial charge is 0.243 e. The van der Waals surface area contributed by atoms with Gasteiger partial charge in [-0.15, -0.1) is 0 Å². The maximum atomic E-state index is 14.0. The third kappa shape index (κ3) is 7.59. The van der Waals surface area contributed by atoms with E-state index in [1.807, 2.05) is 83.1 Å². The molecule has 3 aromatic rings. The second-order valence-electron chi connectivity index (χ2n) is 10.3. The lowest BCUT2D eigenvalue weighted by Gasteiger charge is -2.34. The molecule has 190 valence electrons. The largest absolute Gasteiger partial charge is 0.350 e. The van der Waals surface area contributed by atoms with Gasteiger partial charge in [0.2, 0.25) is 11.8 Å². The summed E-state index contributed by atoms with van der Waals surface area (Å²) in [5.74, 6) is -0.381. The molecule has 0 aliphatic heterocycles. The van der Waals surface area contributed by atoms with Crippen molar-refractivity contribution in [3.8, 4) is 0 Å². The maximum absolute atomic E-state index is 14.0. The van der Waals surface area contributed by atoms with Gasteiger partial charge in [-0.3, -0.25) is 9.59 Å². The maximum Gasteiger partial charge on any atom is 0.243 e.